The molecule has 1 saturated heterocycles. The number of aromatic nitrogens is 4. The molecule has 3 heterocycles. The van der Waals surface area contributed by atoms with E-state index < -0.39 is 10.0 Å². The second-order valence-electron chi connectivity index (χ2n) is 7.36. The van der Waals surface area contributed by atoms with Gasteiger partial charge in [-0.3, -0.25) is 4.68 Å². The number of rotatable bonds is 7. The minimum Gasteiger partial charge on any atom is -0.484 e. The Kier molecular flexibility index (Phi) is 5.87. The summed E-state index contributed by atoms with van der Waals surface area (Å²) in [5.41, 5.74) is 1.16. The van der Waals surface area contributed by atoms with Gasteiger partial charge in [-0.05, 0) is 38.8 Å². The van der Waals surface area contributed by atoms with Gasteiger partial charge in [0.15, 0.2) is 12.4 Å². The summed E-state index contributed by atoms with van der Waals surface area (Å²) in [7, 11) is -3.53. The van der Waals surface area contributed by atoms with E-state index in [1.54, 1.807) is 10.9 Å². The second-order valence-corrected chi connectivity index (χ2v) is 9.30. The zero-order chi connectivity index (χ0) is 21.1. The quantitative estimate of drug-likeness (QED) is 0.566. The molecule has 0 radical (unpaired) electrons. The summed E-state index contributed by atoms with van der Waals surface area (Å²) < 4.78 is 39.7. The van der Waals surface area contributed by atoms with E-state index in [4.69, 9.17) is 9.26 Å². The fourth-order valence-corrected chi connectivity index (χ4v) is 4.85. The van der Waals surface area contributed by atoms with Crippen LogP contribution in [-0.4, -0.2) is 45.7 Å². The van der Waals surface area contributed by atoms with Crippen LogP contribution in [0.15, 0.2) is 46.1 Å². The van der Waals surface area contributed by atoms with Crippen LogP contribution in [-0.2, 0) is 23.2 Å². The number of hydrogen-bond acceptors (Lipinski definition) is 7. The van der Waals surface area contributed by atoms with E-state index in [0.29, 0.717) is 44.2 Å². The lowest BCUT2D eigenvalue weighted by Gasteiger charge is -2.29. The zero-order valence-corrected chi connectivity index (χ0v) is 17.9. The molecule has 0 saturated carbocycles. The maximum atomic E-state index is 12.8. The van der Waals surface area contributed by atoms with Crippen molar-refractivity contribution in [2.45, 2.75) is 50.7 Å². The fourth-order valence-electron chi connectivity index (χ4n) is 3.43. The monoisotopic (exact) mass is 431 g/mol. The molecule has 160 valence electrons. The number of ether oxygens (including phenoxy) is 1. The van der Waals surface area contributed by atoms with Crippen LogP contribution in [0.2, 0.25) is 0 Å². The van der Waals surface area contributed by atoms with Gasteiger partial charge in [-0.1, -0.05) is 22.9 Å². The maximum absolute atomic E-state index is 12.8. The number of hydrogen-bond donors (Lipinski definition) is 0. The SMILES string of the molecule is CCn1cc(S(=O)(=O)N2CCC(c3noc(COc4ccc(C)cc4)n3)CC2)cn1. The Morgan fingerprint density at radius 3 is 2.60 bits per heavy atom. The van der Waals surface area contributed by atoms with Gasteiger partial charge in [0, 0.05) is 31.7 Å². The number of benzene rings is 1. The van der Waals surface area contributed by atoms with E-state index in [-0.39, 0.29) is 17.4 Å². The van der Waals surface area contributed by atoms with Gasteiger partial charge in [0.1, 0.15) is 10.6 Å². The molecule has 1 aliphatic heterocycles. The molecule has 0 amide bonds. The van der Waals surface area contributed by atoms with Crippen LogP contribution in [0.1, 0.15) is 43.0 Å². The summed E-state index contributed by atoms with van der Waals surface area (Å²) in [6, 6.07) is 7.74. The van der Waals surface area contributed by atoms with Crippen LogP contribution in [0, 0.1) is 6.92 Å². The Labute approximate surface area is 175 Å². The Morgan fingerprint density at radius 2 is 1.93 bits per heavy atom. The Balaban J connectivity index is 1.33. The van der Waals surface area contributed by atoms with Gasteiger partial charge in [-0.15, -0.1) is 0 Å². The lowest BCUT2D eigenvalue weighted by atomic mass is 9.98. The van der Waals surface area contributed by atoms with Crippen molar-refractivity contribution in [3.05, 3.63) is 53.9 Å². The summed E-state index contributed by atoms with van der Waals surface area (Å²) in [5, 5.41) is 8.15. The van der Waals surface area contributed by atoms with Gasteiger partial charge < -0.3 is 9.26 Å². The minimum absolute atomic E-state index is 0.0617. The highest BCUT2D eigenvalue weighted by atomic mass is 32.2. The van der Waals surface area contributed by atoms with Gasteiger partial charge in [-0.2, -0.15) is 14.4 Å². The first-order valence-corrected chi connectivity index (χ1v) is 11.4. The normalized spacial score (nSPS) is 16.1. The number of aryl methyl sites for hydroxylation is 2. The molecule has 10 heteroatoms. The van der Waals surface area contributed by atoms with E-state index in [1.165, 1.54) is 10.5 Å². The molecule has 0 spiro atoms. The van der Waals surface area contributed by atoms with Gasteiger partial charge in [0.25, 0.3) is 5.89 Å². The first-order chi connectivity index (χ1) is 14.5. The van der Waals surface area contributed by atoms with Crippen LogP contribution in [0.3, 0.4) is 0 Å². The minimum atomic E-state index is -3.53. The van der Waals surface area contributed by atoms with Crippen molar-refractivity contribution < 1.29 is 17.7 Å². The largest absolute Gasteiger partial charge is 0.484 e. The highest BCUT2D eigenvalue weighted by Gasteiger charge is 2.32. The summed E-state index contributed by atoms with van der Waals surface area (Å²) in [6.45, 7) is 5.58. The van der Waals surface area contributed by atoms with Gasteiger partial charge >= 0.3 is 0 Å². The van der Waals surface area contributed by atoms with Crippen LogP contribution in [0.5, 0.6) is 5.75 Å². The molecule has 1 fully saturated rings. The molecule has 0 unspecified atom stereocenters. The van der Waals surface area contributed by atoms with Crippen molar-refractivity contribution in [3.63, 3.8) is 0 Å². The highest BCUT2D eigenvalue weighted by molar-refractivity contribution is 7.89. The van der Waals surface area contributed by atoms with E-state index >= 15 is 0 Å². The summed E-state index contributed by atoms with van der Waals surface area (Å²) >= 11 is 0. The van der Waals surface area contributed by atoms with Crippen LogP contribution < -0.4 is 4.74 Å². The molecule has 0 atom stereocenters. The first-order valence-electron chi connectivity index (χ1n) is 10.00. The average molecular weight is 432 g/mol. The summed E-state index contributed by atoms with van der Waals surface area (Å²) in [6.07, 6.45) is 4.25. The topological polar surface area (TPSA) is 103 Å². The molecule has 3 aromatic rings. The average Bonchev–Trinajstić information content (AvgIpc) is 3.43. The molecular weight excluding hydrogens is 406 g/mol. The van der Waals surface area contributed by atoms with Crippen LogP contribution >= 0.6 is 0 Å². The van der Waals surface area contributed by atoms with Crippen LogP contribution in [0.4, 0.5) is 0 Å². The van der Waals surface area contributed by atoms with Gasteiger partial charge in [-0.25, -0.2) is 8.42 Å². The number of sulfonamides is 1. The first kappa shape index (κ1) is 20.5. The number of piperidine rings is 1. The lowest BCUT2D eigenvalue weighted by molar-refractivity contribution is 0.241. The molecule has 30 heavy (non-hydrogen) atoms. The molecular formula is C20H25N5O4S. The van der Waals surface area contributed by atoms with E-state index in [2.05, 4.69) is 15.2 Å². The maximum Gasteiger partial charge on any atom is 0.264 e. The lowest BCUT2D eigenvalue weighted by Crippen LogP contribution is -2.38. The third-order valence-corrected chi connectivity index (χ3v) is 7.11. The van der Waals surface area contributed by atoms with E-state index in [1.807, 2.05) is 38.1 Å². The fraction of sp³-hybridized carbons (Fsp3) is 0.450. The number of nitrogens with zero attached hydrogens (tertiary/aromatic N) is 5. The third kappa shape index (κ3) is 4.39. The molecule has 0 bridgehead atoms. The highest BCUT2D eigenvalue weighted by Crippen LogP contribution is 2.29. The van der Waals surface area contributed by atoms with E-state index in [0.717, 1.165) is 11.3 Å². The van der Waals surface area contributed by atoms with Crippen molar-refractivity contribution in [2.24, 2.45) is 0 Å². The predicted octanol–water partition coefficient (Wildman–Crippen LogP) is 2.74. The third-order valence-electron chi connectivity index (χ3n) is 5.26. The molecule has 4 rings (SSSR count). The molecule has 0 aliphatic carbocycles. The van der Waals surface area contributed by atoms with Crippen molar-refractivity contribution >= 4 is 10.0 Å². The van der Waals surface area contributed by atoms with Gasteiger partial charge in [0.05, 0.1) is 6.20 Å². The molecule has 1 aliphatic rings. The summed E-state index contributed by atoms with van der Waals surface area (Å²) in [4.78, 5) is 4.68. The smallest absolute Gasteiger partial charge is 0.264 e. The second kappa shape index (κ2) is 8.57. The van der Waals surface area contributed by atoms with E-state index in [9.17, 15) is 8.42 Å². The summed E-state index contributed by atoms with van der Waals surface area (Å²) in [5.74, 6) is 1.82. The van der Waals surface area contributed by atoms with Crippen molar-refractivity contribution in [3.8, 4) is 5.75 Å². The zero-order valence-electron chi connectivity index (χ0n) is 17.1. The Hall–Kier alpha value is -2.72. The molecule has 1 aromatic carbocycles. The predicted molar refractivity (Wildman–Crippen MR) is 108 cm³/mol. The Morgan fingerprint density at radius 1 is 1.20 bits per heavy atom. The molecule has 0 N–H and O–H groups in total. The van der Waals surface area contributed by atoms with Crippen molar-refractivity contribution in [1.82, 2.24) is 24.2 Å². The standard InChI is InChI=1S/C20H25N5O4S/c1-3-24-13-18(12-21-24)30(26,27)25-10-8-16(9-11-25)20-22-19(29-23-20)14-28-17-6-4-15(2)5-7-17/h4-7,12-13,16H,3,8-11,14H2,1-2H3. The van der Waals surface area contributed by atoms with Crippen molar-refractivity contribution in [2.75, 3.05) is 13.1 Å². The van der Waals surface area contributed by atoms with Crippen molar-refractivity contribution in [1.29, 1.82) is 0 Å². The molecule has 9 nitrogen and oxygen atoms in total. The molecule has 2 aromatic heterocycles. The Bertz CT molecular complexity index is 1080. The van der Waals surface area contributed by atoms with Gasteiger partial charge in [0.2, 0.25) is 10.0 Å². The van der Waals surface area contributed by atoms with Crippen LogP contribution in [0.25, 0.3) is 0 Å².